The van der Waals surface area contributed by atoms with Crippen LogP contribution >= 0.6 is 15.9 Å². The molecule has 1 aromatic rings. The normalized spacial score (nSPS) is 27.8. The number of sulfonamides is 1. The van der Waals surface area contributed by atoms with Crippen molar-refractivity contribution in [3.05, 3.63) is 28.7 Å². The molecule has 0 aromatic heterocycles. The molecule has 1 amide bonds. The van der Waals surface area contributed by atoms with Crippen LogP contribution in [0.15, 0.2) is 33.6 Å². The van der Waals surface area contributed by atoms with E-state index in [1.54, 1.807) is 24.3 Å². The Hall–Kier alpha value is -0.960. The predicted molar refractivity (Wildman–Crippen MR) is 102 cm³/mol. The van der Waals surface area contributed by atoms with Crippen molar-refractivity contribution in [2.24, 2.45) is 5.92 Å². The first kappa shape index (κ1) is 19.8. The standard InChI is InChI=1S/C18H25BrN2O4S/c19-14-5-1-8-17(10-14)26(24,25)21-9-3-4-13(12-21)18(23)20-15-6-2-7-16(22)11-15/h1,5,8,10,13,15-16,22H,2-4,6-7,9,11-12H2,(H,20,23)/t13-,15?,16?/m0/s1. The maximum Gasteiger partial charge on any atom is 0.243 e. The number of benzene rings is 1. The van der Waals surface area contributed by atoms with Gasteiger partial charge in [-0.3, -0.25) is 4.79 Å². The van der Waals surface area contributed by atoms with E-state index in [1.807, 2.05) is 0 Å². The molecule has 6 nitrogen and oxygen atoms in total. The summed E-state index contributed by atoms with van der Waals surface area (Å²) in [4.78, 5) is 12.9. The fourth-order valence-electron chi connectivity index (χ4n) is 3.77. The van der Waals surface area contributed by atoms with E-state index in [4.69, 9.17) is 0 Å². The SMILES string of the molecule is O=C(NC1CCCC(O)C1)[C@H]1CCCN(S(=O)(=O)c2cccc(Br)c2)C1. The van der Waals surface area contributed by atoms with Crippen molar-refractivity contribution in [3.8, 4) is 0 Å². The monoisotopic (exact) mass is 444 g/mol. The molecule has 1 saturated carbocycles. The number of aliphatic hydroxyl groups is 1. The molecular formula is C18H25BrN2O4S. The van der Waals surface area contributed by atoms with Gasteiger partial charge in [0, 0.05) is 23.6 Å². The molecule has 1 aliphatic carbocycles. The fourth-order valence-corrected chi connectivity index (χ4v) is 5.89. The molecule has 0 spiro atoms. The van der Waals surface area contributed by atoms with Crippen molar-refractivity contribution >= 4 is 31.9 Å². The Kier molecular flexibility index (Phi) is 6.37. The van der Waals surface area contributed by atoms with E-state index in [0.29, 0.717) is 30.3 Å². The molecule has 2 unspecified atom stereocenters. The average Bonchev–Trinajstić information content (AvgIpc) is 2.62. The highest BCUT2D eigenvalue weighted by molar-refractivity contribution is 9.10. The number of hydrogen-bond donors (Lipinski definition) is 2. The lowest BCUT2D eigenvalue weighted by molar-refractivity contribution is -0.127. The van der Waals surface area contributed by atoms with Gasteiger partial charge in [0.1, 0.15) is 0 Å². The Labute approximate surface area is 163 Å². The fraction of sp³-hybridized carbons (Fsp3) is 0.611. The summed E-state index contributed by atoms with van der Waals surface area (Å²) in [5.74, 6) is -0.442. The van der Waals surface area contributed by atoms with Crippen LogP contribution in [-0.4, -0.2) is 49.0 Å². The number of aliphatic hydroxyl groups excluding tert-OH is 1. The number of carbonyl (C=O) groups is 1. The smallest absolute Gasteiger partial charge is 0.243 e. The van der Waals surface area contributed by atoms with Gasteiger partial charge in [-0.15, -0.1) is 0 Å². The number of halogens is 1. The number of amides is 1. The van der Waals surface area contributed by atoms with Gasteiger partial charge in [0.25, 0.3) is 0 Å². The van der Waals surface area contributed by atoms with Gasteiger partial charge in [0.2, 0.25) is 15.9 Å². The van der Waals surface area contributed by atoms with Crippen molar-refractivity contribution in [3.63, 3.8) is 0 Å². The molecule has 1 saturated heterocycles. The minimum absolute atomic E-state index is 0.0108. The zero-order valence-corrected chi connectivity index (χ0v) is 17.0. The summed E-state index contributed by atoms with van der Waals surface area (Å²) >= 11 is 3.31. The largest absolute Gasteiger partial charge is 0.393 e. The lowest BCUT2D eigenvalue weighted by atomic mass is 9.91. The van der Waals surface area contributed by atoms with Crippen molar-refractivity contribution in [1.29, 1.82) is 0 Å². The summed E-state index contributed by atoms with van der Waals surface area (Å²) in [5, 5.41) is 12.8. The van der Waals surface area contributed by atoms with Crippen LogP contribution in [0.25, 0.3) is 0 Å². The molecular weight excluding hydrogens is 420 g/mol. The van der Waals surface area contributed by atoms with Gasteiger partial charge in [0.15, 0.2) is 0 Å². The second-order valence-electron chi connectivity index (χ2n) is 7.19. The van der Waals surface area contributed by atoms with Crippen LogP contribution in [0.1, 0.15) is 38.5 Å². The summed E-state index contributed by atoms with van der Waals surface area (Å²) in [6, 6.07) is 6.63. The van der Waals surface area contributed by atoms with Crippen molar-refractivity contribution < 1.29 is 18.3 Å². The van der Waals surface area contributed by atoms with Crippen LogP contribution in [0.4, 0.5) is 0 Å². The minimum atomic E-state index is -3.61. The topological polar surface area (TPSA) is 86.7 Å². The first-order valence-electron chi connectivity index (χ1n) is 9.10. The van der Waals surface area contributed by atoms with Gasteiger partial charge in [-0.25, -0.2) is 8.42 Å². The molecule has 1 heterocycles. The van der Waals surface area contributed by atoms with Crippen LogP contribution in [0.2, 0.25) is 0 Å². The molecule has 2 aliphatic rings. The van der Waals surface area contributed by atoms with Gasteiger partial charge in [-0.2, -0.15) is 4.31 Å². The van der Waals surface area contributed by atoms with E-state index in [9.17, 15) is 18.3 Å². The molecule has 1 aromatic carbocycles. The van der Waals surface area contributed by atoms with E-state index in [-0.39, 0.29) is 35.4 Å². The molecule has 8 heteroatoms. The summed E-state index contributed by atoms with van der Waals surface area (Å²) in [7, 11) is -3.61. The zero-order chi connectivity index (χ0) is 18.7. The highest BCUT2D eigenvalue weighted by Crippen LogP contribution is 2.26. The van der Waals surface area contributed by atoms with Crippen molar-refractivity contribution in [2.45, 2.75) is 55.6 Å². The maximum atomic E-state index is 12.9. The third-order valence-corrected chi connectivity index (χ3v) is 7.54. The third-order valence-electron chi connectivity index (χ3n) is 5.18. The molecule has 3 rings (SSSR count). The highest BCUT2D eigenvalue weighted by Gasteiger charge is 2.34. The van der Waals surface area contributed by atoms with Crippen LogP contribution in [-0.2, 0) is 14.8 Å². The molecule has 144 valence electrons. The van der Waals surface area contributed by atoms with Crippen LogP contribution in [0.3, 0.4) is 0 Å². The van der Waals surface area contributed by atoms with Gasteiger partial charge in [-0.05, 0) is 56.7 Å². The summed E-state index contributed by atoms with van der Waals surface area (Å²) < 4.78 is 27.9. The molecule has 26 heavy (non-hydrogen) atoms. The van der Waals surface area contributed by atoms with E-state index >= 15 is 0 Å². The number of nitrogens with one attached hydrogen (secondary N) is 1. The highest BCUT2D eigenvalue weighted by atomic mass is 79.9. The van der Waals surface area contributed by atoms with Gasteiger partial charge < -0.3 is 10.4 Å². The number of hydrogen-bond acceptors (Lipinski definition) is 4. The first-order valence-corrected chi connectivity index (χ1v) is 11.3. The Morgan fingerprint density at radius 2 is 2.04 bits per heavy atom. The van der Waals surface area contributed by atoms with Gasteiger partial charge in [0.05, 0.1) is 16.9 Å². The van der Waals surface area contributed by atoms with E-state index < -0.39 is 10.0 Å². The van der Waals surface area contributed by atoms with Crippen LogP contribution in [0, 0.1) is 5.92 Å². The predicted octanol–water partition coefficient (Wildman–Crippen LogP) is 2.27. The lowest BCUT2D eigenvalue weighted by Gasteiger charge is -2.33. The number of nitrogens with zero attached hydrogens (tertiary/aromatic N) is 1. The molecule has 1 aliphatic heterocycles. The second-order valence-corrected chi connectivity index (χ2v) is 10.0. The Bertz CT molecular complexity index is 755. The summed E-state index contributed by atoms with van der Waals surface area (Å²) in [6.45, 7) is 0.636. The van der Waals surface area contributed by atoms with Gasteiger partial charge >= 0.3 is 0 Å². The number of carbonyl (C=O) groups excluding carboxylic acids is 1. The van der Waals surface area contributed by atoms with E-state index in [1.165, 1.54) is 4.31 Å². The first-order chi connectivity index (χ1) is 12.4. The third kappa shape index (κ3) is 4.65. The number of piperidine rings is 1. The summed E-state index contributed by atoms with van der Waals surface area (Å²) in [6.07, 6.45) is 4.14. The minimum Gasteiger partial charge on any atom is -0.393 e. The Morgan fingerprint density at radius 1 is 1.23 bits per heavy atom. The summed E-state index contributed by atoms with van der Waals surface area (Å²) in [5.41, 5.74) is 0. The second kappa shape index (κ2) is 8.37. The van der Waals surface area contributed by atoms with Crippen molar-refractivity contribution in [1.82, 2.24) is 9.62 Å². The van der Waals surface area contributed by atoms with Crippen LogP contribution in [0.5, 0.6) is 0 Å². The van der Waals surface area contributed by atoms with Crippen LogP contribution < -0.4 is 5.32 Å². The maximum absolute atomic E-state index is 12.9. The molecule has 0 bridgehead atoms. The van der Waals surface area contributed by atoms with E-state index in [0.717, 1.165) is 19.3 Å². The quantitative estimate of drug-likeness (QED) is 0.745. The van der Waals surface area contributed by atoms with Crippen molar-refractivity contribution in [2.75, 3.05) is 13.1 Å². The number of rotatable bonds is 4. The molecule has 2 fully saturated rings. The molecule has 3 atom stereocenters. The Morgan fingerprint density at radius 3 is 2.77 bits per heavy atom. The molecule has 0 radical (unpaired) electrons. The lowest BCUT2D eigenvalue weighted by Crippen LogP contribution is -2.48. The zero-order valence-electron chi connectivity index (χ0n) is 14.6. The Balaban J connectivity index is 1.66. The van der Waals surface area contributed by atoms with E-state index in [2.05, 4.69) is 21.2 Å². The average molecular weight is 445 g/mol. The molecule has 2 N–H and O–H groups in total. The van der Waals surface area contributed by atoms with Gasteiger partial charge in [-0.1, -0.05) is 22.0 Å².